The Bertz CT molecular complexity index is 226. The Morgan fingerprint density at radius 2 is 2.00 bits per heavy atom. The normalized spacial score (nSPS) is 27.4. The van der Waals surface area contributed by atoms with E-state index >= 15 is 0 Å². The molecule has 1 aliphatic heterocycles. The Labute approximate surface area is 101 Å². The van der Waals surface area contributed by atoms with E-state index in [0.717, 1.165) is 19.4 Å². The summed E-state index contributed by atoms with van der Waals surface area (Å²) in [4.78, 5) is 0. The average Bonchev–Trinajstić information content (AvgIpc) is 2.50. The first kappa shape index (κ1) is 14.2. The molecular formula is C12H27NO2Si. The smallest absolute Gasteiger partial charge is 0.192 e. The van der Waals surface area contributed by atoms with Gasteiger partial charge in [-0.25, -0.2) is 0 Å². The van der Waals surface area contributed by atoms with Gasteiger partial charge in [-0.3, -0.25) is 0 Å². The number of hydrogen-bond acceptors (Lipinski definition) is 3. The molecule has 96 valence electrons. The van der Waals surface area contributed by atoms with E-state index in [1.165, 1.54) is 0 Å². The maximum atomic E-state index is 8.90. The largest absolute Gasteiger partial charge is 0.413 e. The minimum atomic E-state index is -1.62. The molecule has 0 aliphatic carbocycles. The lowest BCUT2D eigenvalue weighted by atomic mass is 10.1. The highest BCUT2D eigenvalue weighted by atomic mass is 28.4. The number of aliphatic hydroxyl groups is 1. The lowest BCUT2D eigenvalue weighted by Crippen LogP contribution is -2.44. The van der Waals surface area contributed by atoms with E-state index < -0.39 is 8.32 Å². The summed E-state index contributed by atoms with van der Waals surface area (Å²) in [5, 5.41) is 12.6. The van der Waals surface area contributed by atoms with Crippen LogP contribution in [0.3, 0.4) is 0 Å². The topological polar surface area (TPSA) is 41.5 Å². The van der Waals surface area contributed by atoms with Crippen LogP contribution in [-0.4, -0.2) is 38.7 Å². The van der Waals surface area contributed by atoms with Crippen molar-refractivity contribution in [3.8, 4) is 0 Å². The summed E-state index contributed by atoms with van der Waals surface area (Å²) in [6.45, 7) is 12.6. The van der Waals surface area contributed by atoms with E-state index in [1.807, 2.05) is 0 Å². The standard InChI is InChI=1S/C12H27NO2Si/c1-12(2,3)16(4,5)15-11-8-10(6-7-14)13-9-11/h10-11,13-14H,6-9H2,1-5H3/t10-,11?/m0/s1. The van der Waals surface area contributed by atoms with Crippen LogP contribution in [0.25, 0.3) is 0 Å². The fraction of sp³-hybridized carbons (Fsp3) is 1.00. The van der Waals surface area contributed by atoms with Crippen molar-refractivity contribution in [1.82, 2.24) is 5.32 Å². The van der Waals surface area contributed by atoms with E-state index in [0.29, 0.717) is 12.1 Å². The summed E-state index contributed by atoms with van der Waals surface area (Å²) >= 11 is 0. The zero-order valence-electron chi connectivity index (χ0n) is 11.3. The van der Waals surface area contributed by atoms with Gasteiger partial charge in [0.15, 0.2) is 8.32 Å². The maximum absolute atomic E-state index is 8.90. The minimum Gasteiger partial charge on any atom is -0.413 e. The highest BCUT2D eigenvalue weighted by molar-refractivity contribution is 6.74. The van der Waals surface area contributed by atoms with Crippen LogP contribution in [-0.2, 0) is 4.43 Å². The molecular weight excluding hydrogens is 218 g/mol. The average molecular weight is 245 g/mol. The van der Waals surface area contributed by atoms with Crippen LogP contribution in [0.5, 0.6) is 0 Å². The fourth-order valence-corrected chi connectivity index (χ4v) is 3.21. The van der Waals surface area contributed by atoms with Gasteiger partial charge in [-0.2, -0.15) is 0 Å². The van der Waals surface area contributed by atoms with Crippen molar-refractivity contribution < 1.29 is 9.53 Å². The molecule has 1 aliphatic rings. The summed E-state index contributed by atoms with van der Waals surface area (Å²) < 4.78 is 6.33. The summed E-state index contributed by atoms with van der Waals surface area (Å²) in [6, 6.07) is 0.444. The van der Waals surface area contributed by atoms with E-state index in [4.69, 9.17) is 9.53 Å². The van der Waals surface area contributed by atoms with Gasteiger partial charge in [0.1, 0.15) is 0 Å². The molecule has 1 heterocycles. The zero-order valence-corrected chi connectivity index (χ0v) is 12.3. The Morgan fingerprint density at radius 1 is 1.38 bits per heavy atom. The molecule has 2 N–H and O–H groups in total. The van der Waals surface area contributed by atoms with Crippen molar-refractivity contribution in [2.75, 3.05) is 13.2 Å². The first-order chi connectivity index (χ1) is 7.26. The first-order valence-electron chi connectivity index (χ1n) is 6.28. The molecule has 1 fully saturated rings. The van der Waals surface area contributed by atoms with Gasteiger partial charge in [-0.15, -0.1) is 0 Å². The number of hydrogen-bond donors (Lipinski definition) is 2. The van der Waals surface area contributed by atoms with Crippen molar-refractivity contribution >= 4 is 8.32 Å². The molecule has 0 radical (unpaired) electrons. The number of nitrogens with one attached hydrogen (secondary N) is 1. The molecule has 0 spiro atoms. The highest BCUT2D eigenvalue weighted by Gasteiger charge is 2.40. The predicted molar refractivity (Wildman–Crippen MR) is 70.2 cm³/mol. The second-order valence-electron chi connectivity index (χ2n) is 6.35. The first-order valence-corrected chi connectivity index (χ1v) is 9.19. The Hall–Kier alpha value is 0.0969. The van der Waals surface area contributed by atoms with Gasteiger partial charge in [0.25, 0.3) is 0 Å². The van der Waals surface area contributed by atoms with Crippen molar-refractivity contribution in [2.24, 2.45) is 0 Å². The third-order valence-corrected chi connectivity index (χ3v) is 8.46. The Balaban J connectivity index is 2.45. The fourth-order valence-electron chi connectivity index (χ4n) is 1.84. The van der Waals surface area contributed by atoms with Crippen LogP contribution in [0.2, 0.25) is 18.1 Å². The second-order valence-corrected chi connectivity index (χ2v) is 11.1. The van der Waals surface area contributed by atoms with Gasteiger partial charge >= 0.3 is 0 Å². The molecule has 0 saturated carbocycles. The van der Waals surface area contributed by atoms with Gasteiger partial charge in [0.2, 0.25) is 0 Å². The minimum absolute atomic E-state index is 0.268. The van der Waals surface area contributed by atoms with Crippen LogP contribution in [0, 0.1) is 0 Å². The molecule has 1 saturated heterocycles. The van der Waals surface area contributed by atoms with Crippen LogP contribution >= 0.6 is 0 Å². The molecule has 1 unspecified atom stereocenters. The second kappa shape index (κ2) is 5.17. The third-order valence-electron chi connectivity index (χ3n) is 3.93. The van der Waals surface area contributed by atoms with Gasteiger partial charge in [-0.05, 0) is 31.0 Å². The summed E-state index contributed by atoms with van der Waals surface area (Å²) in [7, 11) is -1.62. The molecule has 0 amide bonds. The van der Waals surface area contributed by atoms with Crippen LogP contribution in [0.1, 0.15) is 33.6 Å². The number of aliphatic hydroxyl groups excluding tert-OH is 1. The van der Waals surface area contributed by atoms with Gasteiger partial charge in [0, 0.05) is 19.2 Å². The van der Waals surface area contributed by atoms with Crippen LogP contribution < -0.4 is 5.32 Å². The predicted octanol–water partition coefficient (Wildman–Crippen LogP) is 2.12. The molecule has 16 heavy (non-hydrogen) atoms. The SMILES string of the molecule is CC(C)(C)[Si](C)(C)OC1CN[C@@H](CCO)C1. The van der Waals surface area contributed by atoms with E-state index in [9.17, 15) is 0 Å². The van der Waals surface area contributed by atoms with Gasteiger partial charge in [0.05, 0.1) is 6.10 Å². The lowest BCUT2D eigenvalue weighted by molar-refractivity contribution is 0.194. The molecule has 0 aromatic heterocycles. The molecule has 0 bridgehead atoms. The van der Waals surface area contributed by atoms with Crippen molar-refractivity contribution in [3.63, 3.8) is 0 Å². The van der Waals surface area contributed by atoms with Crippen molar-refractivity contribution in [3.05, 3.63) is 0 Å². The molecule has 2 atom stereocenters. The number of rotatable bonds is 4. The molecule has 1 rings (SSSR count). The third kappa shape index (κ3) is 3.55. The molecule has 3 nitrogen and oxygen atoms in total. The van der Waals surface area contributed by atoms with E-state index in [-0.39, 0.29) is 11.6 Å². The summed E-state index contributed by atoms with van der Waals surface area (Å²) in [5.41, 5.74) is 0. The highest BCUT2D eigenvalue weighted by Crippen LogP contribution is 2.38. The van der Waals surface area contributed by atoms with E-state index in [1.54, 1.807) is 0 Å². The van der Waals surface area contributed by atoms with Crippen LogP contribution in [0.15, 0.2) is 0 Å². The summed E-state index contributed by atoms with van der Waals surface area (Å²) in [6.07, 6.45) is 2.24. The zero-order chi connectivity index (χ0) is 12.4. The summed E-state index contributed by atoms with van der Waals surface area (Å²) in [5.74, 6) is 0. The van der Waals surface area contributed by atoms with Crippen molar-refractivity contribution in [1.29, 1.82) is 0 Å². The van der Waals surface area contributed by atoms with Crippen molar-refractivity contribution in [2.45, 2.75) is 63.9 Å². The van der Waals surface area contributed by atoms with E-state index in [2.05, 4.69) is 39.2 Å². The molecule has 4 heteroatoms. The molecule has 0 aromatic rings. The van der Waals surface area contributed by atoms with Gasteiger partial charge < -0.3 is 14.8 Å². The monoisotopic (exact) mass is 245 g/mol. The lowest BCUT2D eigenvalue weighted by Gasteiger charge is -2.38. The Kier molecular flexibility index (Phi) is 4.57. The maximum Gasteiger partial charge on any atom is 0.192 e. The Morgan fingerprint density at radius 3 is 2.50 bits per heavy atom. The molecule has 0 aromatic carbocycles. The van der Waals surface area contributed by atoms with Gasteiger partial charge in [-0.1, -0.05) is 20.8 Å². The quantitative estimate of drug-likeness (QED) is 0.746. The van der Waals surface area contributed by atoms with Crippen LogP contribution in [0.4, 0.5) is 0 Å².